The van der Waals surface area contributed by atoms with Gasteiger partial charge in [0.2, 0.25) is 5.91 Å². The SMILES string of the molecule is CC(=O)N1CCN(c2nc(C)c(C(C)C)cc2C#N)CC1. The van der Waals surface area contributed by atoms with E-state index in [9.17, 15) is 10.1 Å². The number of carbonyl (C=O) groups excluding carboxylic acids is 1. The molecule has 5 heteroatoms. The molecule has 1 aliphatic rings. The van der Waals surface area contributed by atoms with Gasteiger partial charge in [0.15, 0.2) is 0 Å². The molecule has 5 nitrogen and oxygen atoms in total. The van der Waals surface area contributed by atoms with Gasteiger partial charge >= 0.3 is 0 Å². The third-order valence-corrected chi connectivity index (χ3v) is 4.00. The van der Waals surface area contributed by atoms with Crippen molar-refractivity contribution in [3.63, 3.8) is 0 Å². The smallest absolute Gasteiger partial charge is 0.219 e. The van der Waals surface area contributed by atoms with Gasteiger partial charge in [-0.1, -0.05) is 13.8 Å². The summed E-state index contributed by atoms with van der Waals surface area (Å²) >= 11 is 0. The van der Waals surface area contributed by atoms with Crippen LogP contribution in [0.3, 0.4) is 0 Å². The summed E-state index contributed by atoms with van der Waals surface area (Å²) in [6, 6.07) is 4.22. The predicted octanol–water partition coefficient (Wildman–Crippen LogP) is 2.05. The molecule has 112 valence electrons. The monoisotopic (exact) mass is 286 g/mol. The van der Waals surface area contributed by atoms with Crippen molar-refractivity contribution in [3.8, 4) is 6.07 Å². The van der Waals surface area contributed by atoms with Crippen LogP contribution in [0.2, 0.25) is 0 Å². The summed E-state index contributed by atoms with van der Waals surface area (Å²) in [5, 5.41) is 9.41. The number of hydrogen-bond donors (Lipinski definition) is 0. The molecule has 2 rings (SSSR count). The molecule has 0 N–H and O–H groups in total. The van der Waals surface area contributed by atoms with Crippen molar-refractivity contribution in [2.24, 2.45) is 0 Å². The normalized spacial score (nSPS) is 15.2. The van der Waals surface area contributed by atoms with Crippen molar-refractivity contribution < 1.29 is 4.79 Å². The van der Waals surface area contributed by atoms with Crippen molar-refractivity contribution in [3.05, 3.63) is 22.9 Å². The van der Waals surface area contributed by atoms with Gasteiger partial charge in [-0.2, -0.15) is 5.26 Å². The van der Waals surface area contributed by atoms with Crippen LogP contribution >= 0.6 is 0 Å². The predicted molar refractivity (Wildman–Crippen MR) is 82.2 cm³/mol. The maximum Gasteiger partial charge on any atom is 0.219 e. The Morgan fingerprint density at radius 1 is 1.33 bits per heavy atom. The van der Waals surface area contributed by atoms with Crippen LogP contribution in [0.1, 0.15) is 43.5 Å². The average Bonchev–Trinajstić information content (AvgIpc) is 2.46. The Morgan fingerprint density at radius 3 is 2.43 bits per heavy atom. The topological polar surface area (TPSA) is 60.2 Å². The van der Waals surface area contributed by atoms with Gasteiger partial charge in [-0.15, -0.1) is 0 Å². The van der Waals surface area contributed by atoms with Crippen molar-refractivity contribution in [1.29, 1.82) is 5.26 Å². The fourth-order valence-corrected chi connectivity index (χ4v) is 2.75. The van der Waals surface area contributed by atoms with Crippen LogP contribution in [-0.4, -0.2) is 42.0 Å². The average molecular weight is 286 g/mol. The first-order valence-electron chi connectivity index (χ1n) is 7.36. The molecule has 0 aromatic carbocycles. The number of piperazine rings is 1. The fraction of sp³-hybridized carbons (Fsp3) is 0.562. The Hall–Kier alpha value is -2.09. The Bertz CT molecular complexity index is 581. The van der Waals surface area contributed by atoms with Crippen molar-refractivity contribution >= 4 is 11.7 Å². The molecule has 1 amide bonds. The van der Waals surface area contributed by atoms with E-state index in [0.717, 1.165) is 30.2 Å². The van der Waals surface area contributed by atoms with Gasteiger partial charge in [0.25, 0.3) is 0 Å². The number of hydrogen-bond acceptors (Lipinski definition) is 4. The molecule has 2 heterocycles. The molecule has 0 spiro atoms. The van der Waals surface area contributed by atoms with Gasteiger partial charge in [0.05, 0.1) is 5.56 Å². The van der Waals surface area contributed by atoms with Crippen LogP contribution in [0.4, 0.5) is 5.82 Å². The lowest BCUT2D eigenvalue weighted by Crippen LogP contribution is -2.48. The zero-order valence-corrected chi connectivity index (χ0v) is 13.2. The van der Waals surface area contributed by atoms with Gasteiger partial charge in [-0.05, 0) is 24.5 Å². The Morgan fingerprint density at radius 2 is 1.95 bits per heavy atom. The first-order valence-corrected chi connectivity index (χ1v) is 7.36. The molecule has 1 saturated heterocycles. The third kappa shape index (κ3) is 3.15. The van der Waals surface area contributed by atoms with E-state index in [1.54, 1.807) is 6.92 Å². The van der Waals surface area contributed by atoms with Crippen LogP contribution < -0.4 is 4.90 Å². The molecule has 0 radical (unpaired) electrons. The lowest BCUT2D eigenvalue weighted by Gasteiger charge is -2.35. The van der Waals surface area contributed by atoms with Crippen LogP contribution in [-0.2, 0) is 4.79 Å². The number of aromatic nitrogens is 1. The second kappa shape index (κ2) is 6.13. The van der Waals surface area contributed by atoms with Gasteiger partial charge in [-0.25, -0.2) is 4.98 Å². The molecule has 0 atom stereocenters. The first kappa shape index (κ1) is 15.3. The third-order valence-electron chi connectivity index (χ3n) is 4.00. The molecule has 0 unspecified atom stereocenters. The quantitative estimate of drug-likeness (QED) is 0.835. The number of amides is 1. The standard InChI is InChI=1S/C16H22N4O/c1-11(2)15-9-14(10-17)16(18-12(15)3)20-7-5-19(6-8-20)13(4)21/h9,11H,5-8H2,1-4H3. The number of nitrogens with zero attached hydrogens (tertiary/aromatic N) is 4. The van der Waals surface area contributed by atoms with Crippen molar-refractivity contribution in [2.45, 2.75) is 33.6 Å². The number of rotatable bonds is 2. The minimum Gasteiger partial charge on any atom is -0.352 e. The number of anilines is 1. The van der Waals surface area contributed by atoms with Crippen LogP contribution in [0.15, 0.2) is 6.07 Å². The summed E-state index contributed by atoms with van der Waals surface area (Å²) in [4.78, 5) is 20.0. The minimum atomic E-state index is 0.106. The molecule has 0 bridgehead atoms. The largest absolute Gasteiger partial charge is 0.352 e. The molecular weight excluding hydrogens is 264 g/mol. The molecule has 1 aromatic rings. The zero-order valence-electron chi connectivity index (χ0n) is 13.2. The van der Waals surface area contributed by atoms with Crippen LogP contribution in [0.5, 0.6) is 0 Å². The first-order chi connectivity index (χ1) is 9.93. The van der Waals surface area contributed by atoms with E-state index in [-0.39, 0.29) is 5.91 Å². The molecule has 1 fully saturated rings. The second-order valence-corrected chi connectivity index (χ2v) is 5.79. The number of nitriles is 1. The Labute approximate surface area is 126 Å². The highest BCUT2D eigenvalue weighted by Crippen LogP contribution is 2.26. The van der Waals surface area contributed by atoms with E-state index < -0.39 is 0 Å². The summed E-state index contributed by atoms with van der Waals surface area (Å²) in [6.07, 6.45) is 0. The summed E-state index contributed by atoms with van der Waals surface area (Å²) in [5.41, 5.74) is 2.73. The lowest BCUT2D eigenvalue weighted by molar-refractivity contribution is -0.129. The highest BCUT2D eigenvalue weighted by molar-refractivity contribution is 5.73. The van der Waals surface area contributed by atoms with E-state index in [2.05, 4.69) is 29.8 Å². The highest BCUT2D eigenvalue weighted by Gasteiger charge is 2.22. The van der Waals surface area contributed by atoms with Crippen molar-refractivity contribution in [1.82, 2.24) is 9.88 Å². The minimum absolute atomic E-state index is 0.106. The Balaban J connectivity index is 2.27. The van der Waals surface area contributed by atoms with E-state index in [4.69, 9.17) is 0 Å². The van der Waals surface area contributed by atoms with Gasteiger partial charge in [-0.3, -0.25) is 4.79 Å². The summed E-state index contributed by atoms with van der Waals surface area (Å²) < 4.78 is 0. The summed E-state index contributed by atoms with van der Waals surface area (Å²) in [6.45, 7) is 10.6. The highest BCUT2D eigenvalue weighted by atomic mass is 16.2. The maximum absolute atomic E-state index is 11.4. The maximum atomic E-state index is 11.4. The number of aryl methyl sites for hydroxylation is 1. The summed E-state index contributed by atoms with van der Waals surface area (Å²) in [5.74, 6) is 1.21. The van der Waals surface area contributed by atoms with E-state index >= 15 is 0 Å². The second-order valence-electron chi connectivity index (χ2n) is 5.79. The van der Waals surface area contributed by atoms with Gasteiger partial charge < -0.3 is 9.80 Å². The Kier molecular flexibility index (Phi) is 4.46. The number of carbonyl (C=O) groups is 1. The van der Waals surface area contributed by atoms with E-state index in [1.165, 1.54) is 0 Å². The fourth-order valence-electron chi connectivity index (χ4n) is 2.75. The summed E-state index contributed by atoms with van der Waals surface area (Å²) in [7, 11) is 0. The molecule has 21 heavy (non-hydrogen) atoms. The zero-order chi connectivity index (χ0) is 15.6. The molecule has 0 saturated carbocycles. The van der Waals surface area contributed by atoms with E-state index in [0.29, 0.717) is 24.6 Å². The van der Waals surface area contributed by atoms with E-state index in [1.807, 2.05) is 17.9 Å². The van der Waals surface area contributed by atoms with Gasteiger partial charge in [0.1, 0.15) is 11.9 Å². The van der Waals surface area contributed by atoms with Crippen LogP contribution in [0, 0.1) is 18.3 Å². The molecule has 1 aliphatic heterocycles. The molecule has 0 aliphatic carbocycles. The van der Waals surface area contributed by atoms with Crippen molar-refractivity contribution in [2.75, 3.05) is 31.1 Å². The van der Waals surface area contributed by atoms with Gasteiger partial charge in [0, 0.05) is 38.8 Å². The lowest BCUT2D eigenvalue weighted by atomic mass is 9.99. The number of pyridine rings is 1. The molecule has 1 aromatic heterocycles. The van der Waals surface area contributed by atoms with Crippen LogP contribution in [0.25, 0.3) is 0 Å². The molecular formula is C16H22N4O.